The highest BCUT2D eigenvalue weighted by Crippen LogP contribution is 2.31. The molecule has 20 heavy (non-hydrogen) atoms. The van der Waals surface area contributed by atoms with Crippen molar-refractivity contribution in [3.8, 4) is 0 Å². The van der Waals surface area contributed by atoms with Crippen LogP contribution in [0.25, 0.3) is 0 Å². The summed E-state index contributed by atoms with van der Waals surface area (Å²) < 4.78 is 10.4. The number of hydrogen-bond acceptors (Lipinski definition) is 5. The molecular formula is C12H11Cl2NO5. The lowest BCUT2D eigenvalue weighted by Crippen LogP contribution is -2.26. The van der Waals surface area contributed by atoms with E-state index in [1.807, 2.05) is 0 Å². The predicted octanol–water partition coefficient (Wildman–Crippen LogP) is 3.24. The number of nitro benzene ring substituents is 1. The van der Waals surface area contributed by atoms with E-state index in [-0.39, 0.29) is 27.4 Å². The van der Waals surface area contributed by atoms with Crippen LogP contribution in [-0.4, -0.2) is 30.2 Å². The maximum Gasteiger partial charge on any atom is 0.340 e. The Morgan fingerprint density at radius 1 is 1.35 bits per heavy atom. The molecule has 1 heterocycles. The molecule has 2 rings (SSSR count). The van der Waals surface area contributed by atoms with Crippen LogP contribution in [0.5, 0.6) is 0 Å². The van der Waals surface area contributed by atoms with Gasteiger partial charge in [-0.25, -0.2) is 4.79 Å². The van der Waals surface area contributed by atoms with Gasteiger partial charge in [0, 0.05) is 25.0 Å². The summed E-state index contributed by atoms with van der Waals surface area (Å²) in [6, 6.07) is 2.16. The monoisotopic (exact) mass is 319 g/mol. The van der Waals surface area contributed by atoms with Gasteiger partial charge < -0.3 is 9.47 Å². The Bertz CT molecular complexity index is 543. The summed E-state index contributed by atoms with van der Waals surface area (Å²) in [6.07, 6.45) is 0.906. The molecule has 0 aromatic heterocycles. The van der Waals surface area contributed by atoms with E-state index >= 15 is 0 Å². The molecule has 1 aromatic carbocycles. The summed E-state index contributed by atoms with van der Waals surface area (Å²) in [4.78, 5) is 22.2. The van der Waals surface area contributed by atoms with E-state index in [4.69, 9.17) is 32.7 Å². The second-order valence-electron chi connectivity index (χ2n) is 4.26. The van der Waals surface area contributed by atoms with Gasteiger partial charge in [-0.3, -0.25) is 10.1 Å². The number of rotatable bonds is 3. The Balaban J connectivity index is 2.21. The number of ether oxygens (including phenoxy) is 2. The highest BCUT2D eigenvalue weighted by Gasteiger charge is 2.24. The molecule has 1 aliphatic rings. The molecule has 1 saturated heterocycles. The van der Waals surface area contributed by atoms with Crippen LogP contribution in [-0.2, 0) is 9.47 Å². The molecule has 1 aliphatic heterocycles. The third kappa shape index (κ3) is 3.39. The molecule has 108 valence electrons. The zero-order valence-corrected chi connectivity index (χ0v) is 11.8. The van der Waals surface area contributed by atoms with Gasteiger partial charge in [0.2, 0.25) is 0 Å². The van der Waals surface area contributed by atoms with E-state index in [0.29, 0.717) is 26.1 Å². The summed E-state index contributed by atoms with van der Waals surface area (Å²) in [6.45, 7) is 1.03. The second-order valence-corrected chi connectivity index (χ2v) is 5.05. The summed E-state index contributed by atoms with van der Waals surface area (Å²) in [7, 11) is 0. The van der Waals surface area contributed by atoms with Gasteiger partial charge in [0.1, 0.15) is 6.10 Å². The second kappa shape index (κ2) is 6.39. The van der Waals surface area contributed by atoms with Gasteiger partial charge in [-0.15, -0.1) is 0 Å². The Hall–Kier alpha value is -1.37. The van der Waals surface area contributed by atoms with Crippen molar-refractivity contribution >= 4 is 34.9 Å². The lowest BCUT2D eigenvalue weighted by atomic mass is 10.1. The first-order valence-corrected chi connectivity index (χ1v) is 6.67. The van der Waals surface area contributed by atoms with E-state index < -0.39 is 10.9 Å². The average Bonchev–Trinajstić information content (AvgIpc) is 2.42. The smallest absolute Gasteiger partial charge is 0.340 e. The first-order valence-electron chi connectivity index (χ1n) is 5.91. The maximum atomic E-state index is 12.0. The Labute approximate surface area is 124 Å². The summed E-state index contributed by atoms with van der Waals surface area (Å²) in [5.41, 5.74) is -0.407. The van der Waals surface area contributed by atoms with Crippen molar-refractivity contribution in [2.75, 3.05) is 13.2 Å². The van der Waals surface area contributed by atoms with Gasteiger partial charge in [-0.2, -0.15) is 0 Å². The van der Waals surface area contributed by atoms with Gasteiger partial charge in [-0.05, 0) is 0 Å². The average molecular weight is 320 g/mol. The topological polar surface area (TPSA) is 78.7 Å². The van der Waals surface area contributed by atoms with Crippen LogP contribution < -0.4 is 0 Å². The van der Waals surface area contributed by atoms with Crippen LogP contribution in [0.2, 0.25) is 10.0 Å². The molecule has 0 atom stereocenters. The highest BCUT2D eigenvalue weighted by molar-refractivity contribution is 6.43. The first kappa shape index (κ1) is 15.0. The van der Waals surface area contributed by atoms with Crippen LogP contribution in [0, 0.1) is 10.1 Å². The van der Waals surface area contributed by atoms with Crippen molar-refractivity contribution in [2.24, 2.45) is 0 Å². The zero-order chi connectivity index (χ0) is 14.7. The van der Waals surface area contributed by atoms with E-state index in [9.17, 15) is 14.9 Å². The van der Waals surface area contributed by atoms with E-state index in [2.05, 4.69) is 0 Å². The minimum atomic E-state index is -0.715. The van der Waals surface area contributed by atoms with Crippen molar-refractivity contribution in [3.05, 3.63) is 37.9 Å². The molecule has 0 spiro atoms. The minimum absolute atomic E-state index is 0.0469. The molecule has 0 N–H and O–H groups in total. The minimum Gasteiger partial charge on any atom is -0.459 e. The zero-order valence-electron chi connectivity index (χ0n) is 10.3. The summed E-state index contributed by atoms with van der Waals surface area (Å²) >= 11 is 11.7. The summed E-state index contributed by atoms with van der Waals surface area (Å²) in [5.74, 6) is -0.715. The van der Waals surface area contributed by atoms with E-state index in [1.54, 1.807) is 0 Å². The van der Waals surface area contributed by atoms with Crippen LogP contribution in [0.15, 0.2) is 12.1 Å². The molecule has 0 amide bonds. The first-order chi connectivity index (χ1) is 9.49. The van der Waals surface area contributed by atoms with Gasteiger partial charge in [0.25, 0.3) is 5.69 Å². The van der Waals surface area contributed by atoms with Crippen molar-refractivity contribution in [3.63, 3.8) is 0 Å². The van der Waals surface area contributed by atoms with Gasteiger partial charge in [0.05, 0.1) is 33.7 Å². The third-order valence-corrected chi connectivity index (χ3v) is 3.69. The van der Waals surface area contributed by atoms with Gasteiger partial charge >= 0.3 is 5.97 Å². The van der Waals surface area contributed by atoms with Gasteiger partial charge in [0.15, 0.2) is 0 Å². The SMILES string of the molecule is O=C(OC1CCOCC1)c1cc([N+](=O)[O-])cc(Cl)c1Cl. The quantitative estimate of drug-likeness (QED) is 0.485. The fourth-order valence-corrected chi connectivity index (χ4v) is 2.24. The molecule has 8 heteroatoms. The molecule has 0 aliphatic carbocycles. The van der Waals surface area contributed by atoms with Crippen molar-refractivity contribution in [1.82, 2.24) is 0 Å². The number of carbonyl (C=O) groups excluding carboxylic acids is 1. The number of non-ortho nitro benzene ring substituents is 1. The standard InChI is InChI=1S/C12H11Cl2NO5/c13-10-6-7(15(17)18)5-9(11(10)14)12(16)20-8-1-3-19-4-2-8/h5-6,8H,1-4H2. The predicted molar refractivity (Wildman–Crippen MR) is 72.4 cm³/mol. The number of benzene rings is 1. The number of nitro groups is 1. The van der Waals surface area contributed by atoms with Crippen LogP contribution in [0.4, 0.5) is 5.69 Å². The van der Waals surface area contributed by atoms with Crippen LogP contribution in [0.3, 0.4) is 0 Å². The van der Waals surface area contributed by atoms with Crippen LogP contribution >= 0.6 is 23.2 Å². The molecule has 0 radical (unpaired) electrons. The normalized spacial score (nSPS) is 15.9. The molecular weight excluding hydrogens is 309 g/mol. The van der Waals surface area contributed by atoms with Crippen molar-refractivity contribution < 1.29 is 19.2 Å². The molecule has 0 unspecified atom stereocenters. The molecule has 1 fully saturated rings. The molecule has 1 aromatic rings. The van der Waals surface area contributed by atoms with Crippen LogP contribution in [0.1, 0.15) is 23.2 Å². The van der Waals surface area contributed by atoms with E-state index in [0.717, 1.165) is 12.1 Å². The number of hydrogen-bond donors (Lipinski definition) is 0. The maximum absolute atomic E-state index is 12.0. The van der Waals surface area contributed by atoms with E-state index in [1.165, 1.54) is 0 Å². The third-order valence-electron chi connectivity index (χ3n) is 2.89. The fraction of sp³-hybridized carbons (Fsp3) is 0.417. The van der Waals surface area contributed by atoms with Crippen molar-refractivity contribution in [2.45, 2.75) is 18.9 Å². The number of halogens is 2. The Morgan fingerprint density at radius 2 is 2.00 bits per heavy atom. The van der Waals surface area contributed by atoms with Crippen molar-refractivity contribution in [1.29, 1.82) is 0 Å². The number of carbonyl (C=O) groups is 1. The summed E-state index contributed by atoms with van der Waals surface area (Å²) in [5, 5.41) is 10.7. The number of nitrogens with zero attached hydrogens (tertiary/aromatic N) is 1. The lowest BCUT2D eigenvalue weighted by molar-refractivity contribution is -0.384. The Kier molecular flexibility index (Phi) is 4.80. The Morgan fingerprint density at radius 3 is 2.60 bits per heavy atom. The molecule has 0 saturated carbocycles. The molecule has 0 bridgehead atoms. The fourth-order valence-electron chi connectivity index (χ4n) is 1.84. The van der Waals surface area contributed by atoms with Gasteiger partial charge in [-0.1, -0.05) is 23.2 Å². The number of esters is 1. The highest BCUT2D eigenvalue weighted by atomic mass is 35.5. The lowest BCUT2D eigenvalue weighted by Gasteiger charge is -2.22. The largest absolute Gasteiger partial charge is 0.459 e. The molecule has 6 nitrogen and oxygen atoms in total.